The second-order valence-corrected chi connectivity index (χ2v) is 5.68. The molecule has 0 heterocycles. The lowest BCUT2D eigenvalue weighted by Gasteiger charge is -2.22. The fourth-order valence-corrected chi connectivity index (χ4v) is 2.05. The van der Waals surface area contributed by atoms with Crippen LogP contribution in [0.2, 0.25) is 5.02 Å². The minimum Gasteiger partial charge on any atom is -0.490 e. The van der Waals surface area contributed by atoms with Gasteiger partial charge in [0, 0.05) is 7.05 Å². The van der Waals surface area contributed by atoms with Crippen molar-refractivity contribution in [3.63, 3.8) is 0 Å². The monoisotopic (exact) mass is 298 g/mol. The van der Waals surface area contributed by atoms with Crippen molar-refractivity contribution in [2.45, 2.75) is 26.3 Å². The summed E-state index contributed by atoms with van der Waals surface area (Å²) in [6.07, 6.45) is 0.689. The van der Waals surface area contributed by atoms with Gasteiger partial charge in [-0.15, -0.1) is 0 Å². The Morgan fingerprint density at radius 3 is 2.65 bits per heavy atom. The molecule has 0 saturated carbocycles. The Morgan fingerprint density at radius 1 is 1.40 bits per heavy atom. The minimum atomic E-state index is -0.444. The van der Waals surface area contributed by atoms with Crippen LogP contribution in [0.5, 0.6) is 5.75 Å². The fourth-order valence-electron chi connectivity index (χ4n) is 1.86. The topological polar surface area (TPSA) is 55.6 Å². The molecule has 1 aromatic carbocycles. The number of nitrogens with zero attached hydrogens (tertiary/aromatic N) is 1. The van der Waals surface area contributed by atoms with Gasteiger partial charge in [0.2, 0.25) is 5.91 Å². The van der Waals surface area contributed by atoms with Crippen LogP contribution >= 0.6 is 11.6 Å². The third-order valence-electron chi connectivity index (χ3n) is 2.94. The second-order valence-electron chi connectivity index (χ2n) is 5.27. The van der Waals surface area contributed by atoms with Gasteiger partial charge in [0.15, 0.2) is 0 Å². The molecule has 1 amide bonds. The molecule has 5 heteroatoms. The zero-order valence-electron chi connectivity index (χ0n) is 12.3. The number of halogens is 1. The highest BCUT2D eigenvalue weighted by molar-refractivity contribution is 6.32. The number of hydrogen-bond donors (Lipinski definition) is 1. The molecule has 0 saturated heterocycles. The lowest BCUT2D eigenvalue weighted by molar-refractivity contribution is -0.131. The van der Waals surface area contributed by atoms with Crippen molar-refractivity contribution in [2.75, 3.05) is 20.2 Å². The number of amides is 1. The van der Waals surface area contributed by atoms with E-state index in [1.54, 1.807) is 24.1 Å². The van der Waals surface area contributed by atoms with Gasteiger partial charge < -0.3 is 15.4 Å². The van der Waals surface area contributed by atoms with E-state index in [0.717, 1.165) is 0 Å². The average Bonchev–Trinajstić information content (AvgIpc) is 2.39. The summed E-state index contributed by atoms with van der Waals surface area (Å²) < 4.78 is 5.55. The van der Waals surface area contributed by atoms with Crippen LogP contribution in [0.4, 0.5) is 0 Å². The summed E-state index contributed by atoms with van der Waals surface area (Å²) in [6, 6.07) is 6.82. The molecule has 112 valence electrons. The average molecular weight is 299 g/mol. The highest BCUT2D eigenvalue weighted by Gasteiger charge is 2.18. The van der Waals surface area contributed by atoms with Crippen LogP contribution in [-0.4, -0.2) is 37.0 Å². The standard InChI is InChI=1S/C15H23ClN2O2/c1-11(2)10-13(17)15(19)18(3)8-9-20-14-7-5-4-6-12(14)16/h4-7,11,13H,8-10,17H2,1-3H3/t13-/m0/s1. The van der Waals surface area contributed by atoms with Gasteiger partial charge in [-0.05, 0) is 24.5 Å². The largest absolute Gasteiger partial charge is 0.490 e. The Labute approximate surface area is 125 Å². The van der Waals surface area contributed by atoms with Crippen LogP contribution in [0.25, 0.3) is 0 Å². The SMILES string of the molecule is CC(C)C[C@H](N)C(=O)N(C)CCOc1ccccc1Cl. The quantitative estimate of drug-likeness (QED) is 0.841. The number of ether oxygens (including phenoxy) is 1. The maximum Gasteiger partial charge on any atom is 0.239 e. The van der Waals surface area contributed by atoms with E-state index in [-0.39, 0.29) is 5.91 Å². The highest BCUT2D eigenvalue weighted by atomic mass is 35.5. The first-order valence-electron chi connectivity index (χ1n) is 6.79. The first-order chi connectivity index (χ1) is 9.41. The Morgan fingerprint density at radius 2 is 2.05 bits per heavy atom. The lowest BCUT2D eigenvalue weighted by atomic mass is 10.0. The van der Waals surface area contributed by atoms with Crippen molar-refractivity contribution < 1.29 is 9.53 Å². The molecule has 0 unspecified atom stereocenters. The molecular formula is C15H23ClN2O2. The molecule has 0 radical (unpaired) electrons. The van der Waals surface area contributed by atoms with E-state index in [2.05, 4.69) is 0 Å². The van der Waals surface area contributed by atoms with Crippen LogP contribution in [0.3, 0.4) is 0 Å². The molecule has 4 nitrogen and oxygen atoms in total. The number of carbonyl (C=O) groups excluding carboxylic acids is 1. The summed E-state index contributed by atoms with van der Waals surface area (Å²) >= 11 is 5.98. The number of benzene rings is 1. The zero-order chi connectivity index (χ0) is 15.1. The summed E-state index contributed by atoms with van der Waals surface area (Å²) in [6.45, 7) is 4.97. The van der Waals surface area contributed by atoms with Gasteiger partial charge in [0.1, 0.15) is 12.4 Å². The smallest absolute Gasteiger partial charge is 0.239 e. The molecular weight excluding hydrogens is 276 g/mol. The number of rotatable bonds is 7. The number of para-hydroxylation sites is 1. The summed E-state index contributed by atoms with van der Waals surface area (Å²) in [4.78, 5) is 13.6. The van der Waals surface area contributed by atoms with Crippen molar-refractivity contribution in [1.29, 1.82) is 0 Å². The van der Waals surface area contributed by atoms with E-state index in [0.29, 0.717) is 36.3 Å². The van der Waals surface area contributed by atoms with E-state index in [9.17, 15) is 4.79 Å². The fraction of sp³-hybridized carbons (Fsp3) is 0.533. The molecule has 2 N–H and O–H groups in total. The third-order valence-corrected chi connectivity index (χ3v) is 3.25. The van der Waals surface area contributed by atoms with E-state index < -0.39 is 6.04 Å². The molecule has 0 aliphatic heterocycles. The Hall–Kier alpha value is -1.26. The van der Waals surface area contributed by atoms with Crippen molar-refractivity contribution >= 4 is 17.5 Å². The van der Waals surface area contributed by atoms with E-state index in [1.165, 1.54) is 0 Å². The number of carbonyl (C=O) groups is 1. The normalized spacial score (nSPS) is 12.3. The predicted molar refractivity (Wildman–Crippen MR) is 82.0 cm³/mol. The van der Waals surface area contributed by atoms with Gasteiger partial charge in [0.05, 0.1) is 17.6 Å². The maximum absolute atomic E-state index is 12.0. The van der Waals surface area contributed by atoms with Crippen molar-refractivity contribution in [3.05, 3.63) is 29.3 Å². The van der Waals surface area contributed by atoms with E-state index in [4.69, 9.17) is 22.1 Å². The number of nitrogens with two attached hydrogens (primary N) is 1. The third kappa shape index (κ3) is 5.39. The van der Waals surface area contributed by atoms with Gasteiger partial charge in [-0.25, -0.2) is 0 Å². The molecule has 0 aliphatic carbocycles. The summed E-state index contributed by atoms with van der Waals surface area (Å²) in [7, 11) is 1.73. The zero-order valence-corrected chi connectivity index (χ0v) is 13.1. The first-order valence-corrected chi connectivity index (χ1v) is 7.17. The van der Waals surface area contributed by atoms with Crippen LogP contribution in [0.1, 0.15) is 20.3 Å². The van der Waals surface area contributed by atoms with Crippen molar-refractivity contribution in [3.8, 4) is 5.75 Å². The van der Waals surface area contributed by atoms with Crippen LogP contribution in [-0.2, 0) is 4.79 Å². The van der Waals surface area contributed by atoms with Gasteiger partial charge in [0.25, 0.3) is 0 Å². The first kappa shape index (κ1) is 16.8. The van der Waals surface area contributed by atoms with Gasteiger partial charge in [-0.3, -0.25) is 4.79 Å². The van der Waals surface area contributed by atoms with E-state index >= 15 is 0 Å². The van der Waals surface area contributed by atoms with Crippen molar-refractivity contribution in [1.82, 2.24) is 4.90 Å². The van der Waals surface area contributed by atoms with Crippen LogP contribution < -0.4 is 10.5 Å². The molecule has 0 fully saturated rings. The summed E-state index contributed by atoms with van der Waals surface area (Å²) in [5, 5.41) is 0.568. The second kappa shape index (κ2) is 8.12. The number of likely N-dealkylation sites (N-methyl/N-ethyl adjacent to an activating group) is 1. The molecule has 0 aliphatic rings. The summed E-state index contributed by atoms with van der Waals surface area (Å²) in [5.74, 6) is 0.977. The molecule has 0 aromatic heterocycles. The minimum absolute atomic E-state index is 0.0542. The Balaban J connectivity index is 2.38. The number of hydrogen-bond acceptors (Lipinski definition) is 3. The van der Waals surface area contributed by atoms with E-state index in [1.807, 2.05) is 26.0 Å². The molecule has 0 bridgehead atoms. The van der Waals surface area contributed by atoms with Crippen molar-refractivity contribution in [2.24, 2.45) is 11.7 Å². The molecule has 20 heavy (non-hydrogen) atoms. The molecule has 1 rings (SSSR count). The van der Waals surface area contributed by atoms with Gasteiger partial charge in [-0.2, -0.15) is 0 Å². The Bertz CT molecular complexity index is 438. The lowest BCUT2D eigenvalue weighted by Crippen LogP contribution is -2.43. The van der Waals surface area contributed by atoms with Gasteiger partial charge in [-0.1, -0.05) is 37.6 Å². The summed E-state index contributed by atoms with van der Waals surface area (Å²) in [5.41, 5.74) is 5.87. The van der Waals surface area contributed by atoms with Crippen LogP contribution in [0, 0.1) is 5.92 Å². The highest BCUT2D eigenvalue weighted by Crippen LogP contribution is 2.22. The Kier molecular flexibility index (Phi) is 6.82. The molecule has 1 aromatic rings. The maximum atomic E-state index is 12.0. The molecule has 0 spiro atoms. The predicted octanol–water partition coefficient (Wildman–Crippen LogP) is 2.55. The molecule has 1 atom stereocenters. The van der Waals surface area contributed by atoms with Crippen LogP contribution in [0.15, 0.2) is 24.3 Å². The van der Waals surface area contributed by atoms with Gasteiger partial charge >= 0.3 is 0 Å².